The molecule has 0 saturated heterocycles. The summed E-state index contributed by atoms with van der Waals surface area (Å²) >= 11 is 0. The van der Waals surface area contributed by atoms with E-state index >= 15 is 0 Å². The number of hydrogen-bond acceptors (Lipinski definition) is 9. The lowest BCUT2D eigenvalue weighted by Crippen LogP contribution is -2.32. The van der Waals surface area contributed by atoms with Crippen LogP contribution in [0, 0.1) is 6.92 Å². The number of nitrogens with zero attached hydrogens (tertiary/aromatic N) is 1. The van der Waals surface area contributed by atoms with Gasteiger partial charge in [-0.3, -0.25) is 4.79 Å². The highest BCUT2D eigenvalue weighted by Crippen LogP contribution is 2.43. The number of hydrogen-bond donors (Lipinski definition) is 0. The van der Waals surface area contributed by atoms with Gasteiger partial charge in [-0.25, -0.2) is 4.79 Å². The fourth-order valence-electron chi connectivity index (χ4n) is 4.00. The molecule has 0 aliphatic carbocycles. The molecule has 4 rings (SSSR count). The summed E-state index contributed by atoms with van der Waals surface area (Å²) in [6, 6.07) is 7.34. The highest BCUT2D eigenvalue weighted by Gasteiger charge is 2.26. The minimum absolute atomic E-state index is 0.147. The van der Waals surface area contributed by atoms with Crippen LogP contribution >= 0.6 is 0 Å². The van der Waals surface area contributed by atoms with Gasteiger partial charge in [-0.1, -0.05) is 0 Å². The molecule has 2 heterocycles. The molecular weight excluding hydrogens is 430 g/mol. The van der Waals surface area contributed by atoms with Crippen molar-refractivity contribution in [2.45, 2.75) is 19.9 Å². The molecule has 0 unspecified atom stereocenters. The average Bonchev–Trinajstić information content (AvgIpc) is 2.84. The molecule has 0 radical (unpaired) electrons. The van der Waals surface area contributed by atoms with Gasteiger partial charge in [0, 0.05) is 23.2 Å². The van der Waals surface area contributed by atoms with Gasteiger partial charge in [0.1, 0.15) is 11.3 Å². The van der Waals surface area contributed by atoms with E-state index in [0.717, 1.165) is 16.6 Å². The molecule has 0 spiro atoms. The summed E-state index contributed by atoms with van der Waals surface area (Å²) in [5.41, 5.74) is 2.35. The molecule has 0 saturated carbocycles. The first kappa shape index (κ1) is 22.3. The second-order valence-electron chi connectivity index (χ2n) is 7.52. The molecule has 0 amide bonds. The van der Waals surface area contributed by atoms with Crippen LogP contribution in [0.3, 0.4) is 0 Å². The minimum atomic E-state index is -0.566. The lowest BCUT2D eigenvalue weighted by atomic mass is 10.00. The zero-order chi connectivity index (χ0) is 23.7. The molecule has 174 valence electrons. The van der Waals surface area contributed by atoms with Crippen LogP contribution in [0.4, 0.5) is 5.69 Å². The van der Waals surface area contributed by atoms with Gasteiger partial charge in [0.15, 0.2) is 18.2 Å². The molecular formula is C24H25NO8. The van der Waals surface area contributed by atoms with Gasteiger partial charge in [0.05, 0.1) is 52.5 Å². The van der Waals surface area contributed by atoms with Gasteiger partial charge >= 0.3 is 11.6 Å². The van der Waals surface area contributed by atoms with Crippen molar-refractivity contribution in [1.82, 2.24) is 0 Å². The maximum absolute atomic E-state index is 12.7. The molecule has 0 fully saturated rings. The van der Waals surface area contributed by atoms with Gasteiger partial charge in [-0.15, -0.1) is 0 Å². The number of methoxy groups -OCH3 is 4. The molecule has 3 aromatic rings. The summed E-state index contributed by atoms with van der Waals surface area (Å²) in [7, 11) is 5.94. The van der Waals surface area contributed by atoms with E-state index in [4.69, 9.17) is 28.1 Å². The molecule has 1 aliphatic heterocycles. The molecule has 0 atom stereocenters. The third kappa shape index (κ3) is 3.90. The van der Waals surface area contributed by atoms with E-state index in [1.54, 1.807) is 28.3 Å². The Labute approximate surface area is 190 Å². The number of anilines is 1. The molecule has 1 aliphatic rings. The monoisotopic (exact) mass is 455 g/mol. The van der Waals surface area contributed by atoms with Crippen molar-refractivity contribution >= 4 is 22.6 Å². The fraction of sp³-hybridized carbons (Fsp3) is 0.333. The SMILES string of the molecule is COC(=O)Cc1c(C)c2ccc3c(c2oc1=O)CN(c1cc(OC)c(OC)c(OC)c1)CO3. The van der Waals surface area contributed by atoms with E-state index in [2.05, 4.69) is 0 Å². The zero-order valence-corrected chi connectivity index (χ0v) is 19.1. The molecule has 9 nitrogen and oxygen atoms in total. The second-order valence-corrected chi connectivity index (χ2v) is 7.52. The number of aryl methyl sites for hydroxylation is 1. The summed E-state index contributed by atoms with van der Waals surface area (Å²) in [5.74, 6) is 1.66. The predicted molar refractivity (Wildman–Crippen MR) is 121 cm³/mol. The van der Waals surface area contributed by atoms with Crippen molar-refractivity contribution in [1.29, 1.82) is 0 Å². The summed E-state index contributed by atoms with van der Waals surface area (Å²) in [5, 5.41) is 0.739. The quantitative estimate of drug-likeness (QED) is 0.410. The molecule has 2 aromatic carbocycles. The Kier molecular flexibility index (Phi) is 6.04. The van der Waals surface area contributed by atoms with E-state index < -0.39 is 11.6 Å². The van der Waals surface area contributed by atoms with Crippen molar-refractivity contribution < 1.29 is 32.9 Å². The zero-order valence-electron chi connectivity index (χ0n) is 19.1. The summed E-state index contributed by atoms with van der Waals surface area (Å²) in [6.45, 7) is 2.50. The van der Waals surface area contributed by atoms with Gasteiger partial charge in [0.2, 0.25) is 5.75 Å². The number of fused-ring (bicyclic) bond motifs is 3. The second kappa shape index (κ2) is 8.93. The van der Waals surface area contributed by atoms with Crippen LogP contribution < -0.4 is 29.5 Å². The number of esters is 1. The van der Waals surface area contributed by atoms with Gasteiger partial charge in [-0.05, 0) is 24.6 Å². The van der Waals surface area contributed by atoms with E-state index in [0.29, 0.717) is 40.7 Å². The first-order valence-electron chi connectivity index (χ1n) is 10.2. The maximum Gasteiger partial charge on any atom is 0.340 e. The Bertz CT molecular complexity index is 1250. The third-order valence-corrected chi connectivity index (χ3v) is 5.80. The van der Waals surface area contributed by atoms with Crippen LogP contribution in [0.25, 0.3) is 11.0 Å². The Morgan fingerprint density at radius 1 is 1.06 bits per heavy atom. The topological polar surface area (TPSA) is 96.7 Å². The number of carbonyl (C=O) groups excluding carboxylic acids is 1. The number of carbonyl (C=O) groups is 1. The van der Waals surface area contributed by atoms with Crippen molar-refractivity contribution in [2.24, 2.45) is 0 Å². The maximum atomic E-state index is 12.7. The van der Waals surface area contributed by atoms with Gasteiger partial charge in [-0.2, -0.15) is 0 Å². The Morgan fingerprint density at radius 2 is 1.76 bits per heavy atom. The predicted octanol–water partition coefficient (Wildman–Crippen LogP) is 3.20. The van der Waals surface area contributed by atoms with Gasteiger partial charge < -0.3 is 33.0 Å². The highest BCUT2D eigenvalue weighted by molar-refractivity contribution is 5.87. The van der Waals surface area contributed by atoms with E-state index in [-0.39, 0.29) is 18.7 Å². The Morgan fingerprint density at radius 3 is 2.36 bits per heavy atom. The van der Waals surface area contributed by atoms with Crippen LogP contribution in [0.15, 0.2) is 33.5 Å². The molecule has 1 aromatic heterocycles. The van der Waals surface area contributed by atoms with Crippen LogP contribution in [-0.4, -0.2) is 41.1 Å². The van der Waals surface area contributed by atoms with Crippen LogP contribution in [-0.2, 0) is 22.5 Å². The Hall–Kier alpha value is -3.88. The van der Waals surface area contributed by atoms with Crippen molar-refractivity contribution in [3.8, 4) is 23.0 Å². The van der Waals surface area contributed by atoms with Crippen LogP contribution in [0.5, 0.6) is 23.0 Å². The third-order valence-electron chi connectivity index (χ3n) is 5.80. The standard InChI is InChI=1S/C24H25NO8/c1-13-15-6-7-18-17(22(15)33-24(27)16(13)10-21(26)30-4)11-25(12-32-18)14-8-19(28-2)23(31-5)20(9-14)29-3/h6-9H,10-12H2,1-5H3. The molecule has 33 heavy (non-hydrogen) atoms. The molecule has 0 bridgehead atoms. The average molecular weight is 455 g/mol. The fourth-order valence-corrected chi connectivity index (χ4v) is 4.00. The smallest absolute Gasteiger partial charge is 0.340 e. The number of ether oxygens (including phenoxy) is 5. The normalized spacial score (nSPS) is 12.7. The van der Waals surface area contributed by atoms with E-state index in [9.17, 15) is 9.59 Å². The largest absolute Gasteiger partial charge is 0.493 e. The molecule has 9 heteroatoms. The first-order valence-corrected chi connectivity index (χ1v) is 10.2. The number of benzene rings is 2. The number of rotatable bonds is 6. The summed E-state index contributed by atoms with van der Waals surface area (Å²) in [4.78, 5) is 26.4. The van der Waals surface area contributed by atoms with Crippen molar-refractivity contribution in [3.63, 3.8) is 0 Å². The lowest BCUT2D eigenvalue weighted by molar-refractivity contribution is -0.139. The summed E-state index contributed by atoms with van der Waals surface area (Å²) in [6.07, 6.45) is -0.147. The highest BCUT2D eigenvalue weighted by atomic mass is 16.5. The Balaban J connectivity index is 1.79. The minimum Gasteiger partial charge on any atom is -0.493 e. The first-order chi connectivity index (χ1) is 15.9. The van der Waals surface area contributed by atoms with Crippen LogP contribution in [0.1, 0.15) is 16.7 Å². The van der Waals surface area contributed by atoms with Gasteiger partial charge in [0.25, 0.3) is 0 Å². The lowest BCUT2D eigenvalue weighted by Gasteiger charge is -2.31. The van der Waals surface area contributed by atoms with Crippen LogP contribution in [0.2, 0.25) is 0 Å². The van der Waals surface area contributed by atoms with Crippen molar-refractivity contribution in [3.05, 3.63) is 51.4 Å². The van der Waals surface area contributed by atoms with E-state index in [1.807, 2.05) is 29.2 Å². The summed E-state index contributed by atoms with van der Waals surface area (Å²) < 4.78 is 32.7. The van der Waals surface area contributed by atoms with Crippen molar-refractivity contribution in [2.75, 3.05) is 40.1 Å². The molecule has 0 N–H and O–H groups in total. The van der Waals surface area contributed by atoms with E-state index in [1.165, 1.54) is 7.11 Å².